The van der Waals surface area contributed by atoms with Crippen molar-refractivity contribution in [3.63, 3.8) is 0 Å². The zero-order chi connectivity index (χ0) is 38.0. The maximum Gasteiger partial charge on any atom is 0.500 e. The molecule has 0 aliphatic carbocycles. The molecule has 2 atom stereocenters. The van der Waals surface area contributed by atoms with Crippen molar-refractivity contribution in [2.45, 2.75) is 81.8 Å². The molecule has 2 unspecified atom stereocenters. The SMILES string of the molecule is CC.CO[Si](CC[SiH]1O[Si](C)(CC[Si](OC)(OC)OC)O[Si](C)(CC[Si](OC)(OC)OC)O[Si](C)(CC[Si](OC)(OC)OC)O1)(OC)OC. The lowest BCUT2D eigenvalue weighted by molar-refractivity contribution is 0.123. The molecule has 0 bridgehead atoms. The molecule has 0 aromatic heterocycles. The first-order chi connectivity index (χ1) is 23.0. The van der Waals surface area contributed by atoms with E-state index in [1.807, 2.05) is 13.8 Å². The van der Waals surface area contributed by atoms with E-state index in [1.54, 1.807) is 85.3 Å². The second-order valence-corrected chi connectivity index (χ2v) is 37.1. The lowest BCUT2D eigenvalue weighted by Crippen LogP contribution is -2.65. The summed E-state index contributed by atoms with van der Waals surface area (Å²) in [7, 11) is -4.42. The molecule has 1 heterocycles. The van der Waals surface area contributed by atoms with Gasteiger partial charge < -0.3 is 69.6 Å². The van der Waals surface area contributed by atoms with E-state index < -0.39 is 70.2 Å². The van der Waals surface area contributed by atoms with E-state index in [1.165, 1.54) is 0 Å². The van der Waals surface area contributed by atoms with Crippen LogP contribution in [0, 0.1) is 0 Å². The van der Waals surface area contributed by atoms with Gasteiger partial charge >= 0.3 is 70.2 Å². The summed E-state index contributed by atoms with van der Waals surface area (Å²) in [5.74, 6) is 0. The van der Waals surface area contributed by atoms with Gasteiger partial charge in [-0.05, 0) is 43.8 Å². The average molecular weight is 849 g/mol. The van der Waals surface area contributed by atoms with Gasteiger partial charge in [-0.15, -0.1) is 0 Å². The molecule has 1 aliphatic heterocycles. The maximum absolute atomic E-state index is 7.24. The van der Waals surface area contributed by atoms with Crippen LogP contribution in [0.1, 0.15) is 13.8 Å². The van der Waals surface area contributed by atoms with Crippen LogP contribution < -0.4 is 0 Å². The third-order valence-electron chi connectivity index (χ3n) is 8.70. The molecule has 296 valence electrons. The predicted molar refractivity (Wildman–Crippen MR) is 203 cm³/mol. The van der Waals surface area contributed by atoms with Crippen LogP contribution in [-0.4, -0.2) is 156 Å². The Kier molecular flexibility index (Phi) is 23.6. The van der Waals surface area contributed by atoms with E-state index >= 15 is 0 Å². The molecule has 24 heteroatoms. The lowest BCUT2D eigenvalue weighted by atomic mass is 10.9. The summed E-state index contributed by atoms with van der Waals surface area (Å²) in [4.78, 5) is 0. The van der Waals surface area contributed by atoms with Crippen molar-refractivity contribution in [1.82, 2.24) is 0 Å². The zero-order valence-corrected chi connectivity index (χ0v) is 41.4. The van der Waals surface area contributed by atoms with Crippen molar-refractivity contribution in [2.24, 2.45) is 0 Å². The van der Waals surface area contributed by atoms with Crippen LogP contribution >= 0.6 is 0 Å². The first-order valence-electron chi connectivity index (χ1n) is 16.4. The Balaban J connectivity index is 0.0000113. The topological polar surface area (TPSA) is 148 Å². The normalized spacial score (nSPS) is 25.8. The summed E-state index contributed by atoms with van der Waals surface area (Å²) in [6.45, 7) is 10.2. The Morgan fingerprint density at radius 2 is 0.612 bits per heavy atom. The van der Waals surface area contributed by atoms with Crippen LogP contribution in [0.25, 0.3) is 0 Å². The maximum atomic E-state index is 7.24. The van der Waals surface area contributed by atoms with Crippen molar-refractivity contribution in [3.05, 3.63) is 0 Å². The van der Waals surface area contributed by atoms with E-state index in [4.69, 9.17) is 69.6 Å². The standard InChI is InChI=1S/C23H62O16Si8.C2H6/c1-24-44(25-2,26-3)17-16-40-36-41(13,18-21-45(27-4,28-5)29-6)38-43(15,20-23-47(33-10,34-11)35-12)39-42(14,37-40)19-22-46(30-7,31-8)32-9;1-2/h40H,16-23H2,1-15H3;1-2H3. The number of hydrogen-bond acceptors (Lipinski definition) is 16. The Hall–Kier alpha value is 1.10. The third-order valence-corrected chi connectivity index (χ3v) is 39.0. The molecular formula is C25H68O16Si8. The van der Waals surface area contributed by atoms with Crippen molar-refractivity contribution in [3.8, 4) is 0 Å². The summed E-state index contributed by atoms with van der Waals surface area (Å²) >= 11 is 0. The van der Waals surface area contributed by atoms with Crippen LogP contribution in [-0.2, 0) is 69.6 Å². The highest BCUT2D eigenvalue weighted by Crippen LogP contribution is 2.39. The van der Waals surface area contributed by atoms with Gasteiger partial charge in [0.2, 0.25) is 0 Å². The first-order valence-corrected chi connectivity index (χ1v) is 33.5. The molecule has 0 spiro atoms. The van der Waals surface area contributed by atoms with Gasteiger partial charge in [-0.25, -0.2) is 0 Å². The fourth-order valence-electron chi connectivity index (χ4n) is 5.66. The fourth-order valence-corrected chi connectivity index (χ4v) is 39.3. The Morgan fingerprint density at radius 3 is 0.857 bits per heavy atom. The monoisotopic (exact) mass is 848 g/mol. The van der Waals surface area contributed by atoms with E-state index in [0.717, 1.165) is 0 Å². The molecule has 1 aliphatic rings. The van der Waals surface area contributed by atoms with Gasteiger partial charge in [0.25, 0.3) is 0 Å². The van der Waals surface area contributed by atoms with Crippen LogP contribution in [0.3, 0.4) is 0 Å². The van der Waals surface area contributed by atoms with Crippen molar-refractivity contribution >= 4 is 70.2 Å². The summed E-state index contributed by atoms with van der Waals surface area (Å²) < 4.78 is 97.8. The van der Waals surface area contributed by atoms with Gasteiger partial charge in [-0.1, -0.05) is 13.8 Å². The van der Waals surface area contributed by atoms with E-state index in [9.17, 15) is 0 Å². The third kappa shape index (κ3) is 14.7. The van der Waals surface area contributed by atoms with Gasteiger partial charge in [0.15, 0.2) is 0 Å². The number of hydrogen-bond donors (Lipinski definition) is 0. The Labute approximate surface area is 305 Å². The quantitative estimate of drug-likeness (QED) is 0.129. The highest BCUT2D eigenvalue weighted by Gasteiger charge is 2.57. The number of rotatable bonds is 24. The molecule has 0 N–H and O–H groups in total. The minimum absolute atomic E-state index is 0.485. The molecular weight excluding hydrogens is 781 g/mol. The summed E-state index contributed by atoms with van der Waals surface area (Å²) in [5.41, 5.74) is 0. The molecule has 16 nitrogen and oxygen atoms in total. The zero-order valence-electron chi connectivity index (χ0n) is 33.3. The van der Waals surface area contributed by atoms with Crippen molar-refractivity contribution in [1.29, 1.82) is 0 Å². The molecule has 0 amide bonds. The molecule has 0 aromatic rings. The van der Waals surface area contributed by atoms with Crippen molar-refractivity contribution in [2.75, 3.05) is 85.3 Å². The molecule has 1 fully saturated rings. The van der Waals surface area contributed by atoms with Crippen LogP contribution in [0.15, 0.2) is 0 Å². The van der Waals surface area contributed by atoms with Crippen molar-refractivity contribution < 1.29 is 69.6 Å². The Bertz CT molecular complexity index is 813. The molecule has 0 aromatic carbocycles. The summed E-state index contributed by atoms with van der Waals surface area (Å²) in [6.07, 6.45) is 0. The average Bonchev–Trinajstić information content (AvgIpc) is 3.12. The molecule has 1 rings (SSSR count). The smallest absolute Gasteiger partial charge is 0.418 e. The van der Waals surface area contributed by atoms with E-state index in [0.29, 0.717) is 48.4 Å². The Morgan fingerprint density at radius 1 is 0.388 bits per heavy atom. The minimum Gasteiger partial charge on any atom is -0.418 e. The molecule has 1 saturated heterocycles. The lowest BCUT2D eigenvalue weighted by Gasteiger charge is -2.48. The molecule has 0 saturated carbocycles. The largest absolute Gasteiger partial charge is 0.500 e. The first kappa shape index (κ1) is 50.1. The highest BCUT2D eigenvalue weighted by atomic mass is 28.5. The van der Waals surface area contributed by atoms with Crippen LogP contribution in [0.2, 0.25) is 68.0 Å². The van der Waals surface area contributed by atoms with Gasteiger partial charge in [-0.3, -0.25) is 0 Å². The highest BCUT2D eigenvalue weighted by molar-refractivity contribution is 6.91. The van der Waals surface area contributed by atoms with Gasteiger partial charge in [-0.2, -0.15) is 0 Å². The van der Waals surface area contributed by atoms with Crippen LogP contribution in [0.5, 0.6) is 0 Å². The van der Waals surface area contributed by atoms with Gasteiger partial charge in [0, 0.05) is 109 Å². The fraction of sp³-hybridized carbons (Fsp3) is 1.00. The van der Waals surface area contributed by atoms with Crippen LogP contribution in [0.4, 0.5) is 0 Å². The second-order valence-electron chi connectivity index (χ2n) is 11.5. The molecule has 49 heavy (non-hydrogen) atoms. The van der Waals surface area contributed by atoms with E-state index in [2.05, 4.69) is 19.6 Å². The predicted octanol–water partition coefficient (Wildman–Crippen LogP) is 4.04. The van der Waals surface area contributed by atoms with Gasteiger partial charge in [0.05, 0.1) is 0 Å². The summed E-state index contributed by atoms with van der Waals surface area (Å²) in [5, 5.41) is 0. The minimum atomic E-state index is -3.10. The molecule has 0 radical (unpaired) electrons. The second kappa shape index (κ2) is 23.1. The summed E-state index contributed by atoms with van der Waals surface area (Å²) in [6, 6.07) is 4.09. The van der Waals surface area contributed by atoms with Gasteiger partial charge in [0.1, 0.15) is 0 Å². The van der Waals surface area contributed by atoms with E-state index in [-0.39, 0.29) is 0 Å².